The van der Waals surface area contributed by atoms with Crippen LogP contribution in [-0.4, -0.2) is 26.4 Å². The molecule has 0 amide bonds. The van der Waals surface area contributed by atoms with Crippen LogP contribution in [0.2, 0.25) is 0 Å². The van der Waals surface area contributed by atoms with Crippen LogP contribution in [0.1, 0.15) is 27.9 Å². The molecule has 5 heteroatoms. The second-order valence-corrected chi connectivity index (χ2v) is 6.97. The summed E-state index contributed by atoms with van der Waals surface area (Å²) in [5, 5.41) is 0. The average molecular weight is 346 g/mol. The van der Waals surface area contributed by atoms with Gasteiger partial charge in [0.1, 0.15) is 5.82 Å². The molecule has 1 aliphatic heterocycles. The molecule has 3 aromatic rings. The minimum absolute atomic E-state index is 0.0424. The molecule has 3 heterocycles. The molecular formula is C21H22N4O. The molecule has 132 valence electrons. The van der Waals surface area contributed by atoms with Crippen LogP contribution in [0, 0.1) is 13.8 Å². The summed E-state index contributed by atoms with van der Waals surface area (Å²) in [4.78, 5) is 26.7. The quantitative estimate of drug-likeness (QED) is 0.792. The van der Waals surface area contributed by atoms with Crippen molar-refractivity contribution in [2.45, 2.75) is 33.4 Å². The second-order valence-electron chi connectivity index (χ2n) is 6.97. The first kappa shape index (κ1) is 16.7. The Morgan fingerprint density at radius 1 is 1.23 bits per heavy atom. The van der Waals surface area contributed by atoms with Crippen LogP contribution in [0.3, 0.4) is 0 Å². The Morgan fingerprint density at radius 2 is 2.12 bits per heavy atom. The Kier molecular flexibility index (Phi) is 4.39. The zero-order chi connectivity index (χ0) is 18.1. The van der Waals surface area contributed by atoms with Gasteiger partial charge in [-0.1, -0.05) is 23.8 Å². The van der Waals surface area contributed by atoms with E-state index in [4.69, 9.17) is 4.98 Å². The van der Waals surface area contributed by atoms with E-state index < -0.39 is 0 Å². The molecule has 26 heavy (non-hydrogen) atoms. The first-order valence-electron chi connectivity index (χ1n) is 8.91. The highest BCUT2D eigenvalue weighted by Crippen LogP contribution is 2.20. The van der Waals surface area contributed by atoms with Crippen LogP contribution in [0.4, 0.5) is 0 Å². The minimum Gasteiger partial charge on any atom is -0.306 e. The van der Waals surface area contributed by atoms with E-state index in [-0.39, 0.29) is 5.56 Å². The van der Waals surface area contributed by atoms with Gasteiger partial charge in [-0.25, -0.2) is 4.98 Å². The zero-order valence-electron chi connectivity index (χ0n) is 15.1. The summed E-state index contributed by atoms with van der Waals surface area (Å²) in [7, 11) is 0. The molecule has 0 unspecified atom stereocenters. The molecule has 0 saturated carbocycles. The van der Waals surface area contributed by atoms with Crippen molar-refractivity contribution in [3.63, 3.8) is 0 Å². The molecule has 4 rings (SSSR count). The van der Waals surface area contributed by atoms with E-state index in [2.05, 4.69) is 46.9 Å². The van der Waals surface area contributed by atoms with E-state index in [0.717, 1.165) is 36.3 Å². The van der Waals surface area contributed by atoms with Crippen molar-refractivity contribution in [3.05, 3.63) is 81.0 Å². The molecule has 0 atom stereocenters. The molecule has 1 aromatic carbocycles. The molecule has 5 nitrogen and oxygen atoms in total. The summed E-state index contributed by atoms with van der Waals surface area (Å²) >= 11 is 0. The third-order valence-electron chi connectivity index (χ3n) is 4.97. The number of fused-ring (bicyclic) bond motifs is 1. The second kappa shape index (κ2) is 6.84. The lowest BCUT2D eigenvalue weighted by molar-refractivity contribution is 0.241. The van der Waals surface area contributed by atoms with Gasteiger partial charge in [0.15, 0.2) is 0 Å². The van der Waals surface area contributed by atoms with E-state index in [9.17, 15) is 4.79 Å². The number of aromatic nitrogens is 3. The number of aromatic amines is 1. The van der Waals surface area contributed by atoms with Crippen LogP contribution in [0.25, 0.3) is 11.4 Å². The molecule has 0 radical (unpaired) electrons. The Balaban J connectivity index is 1.58. The van der Waals surface area contributed by atoms with Gasteiger partial charge in [-0.3, -0.25) is 14.7 Å². The number of pyridine rings is 1. The van der Waals surface area contributed by atoms with Crippen molar-refractivity contribution in [1.29, 1.82) is 0 Å². The maximum atomic E-state index is 12.6. The molecular weight excluding hydrogens is 324 g/mol. The Hall–Kier alpha value is -2.79. The van der Waals surface area contributed by atoms with Crippen molar-refractivity contribution in [1.82, 2.24) is 19.9 Å². The lowest BCUT2D eigenvalue weighted by Crippen LogP contribution is -2.35. The van der Waals surface area contributed by atoms with E-state index in [0.29, 0.717) is 12.4 Å². The van der Waals surface area contributed by atoms with Crippen LogP contribution in [0.5, 0.6) is 0 Å². The van der Waals surface area contributed by atoms with Crippen molar-refractivity contribution < 1.29 is 0 Å². The van der Waals surface area contributed by atoms with Crippen molar-refractivity contribution in [2.24, 2.45) is 0 Å². The number of benzene rings is 1. The monoisotopic (exact) mass is 346 g/mol. The van der Waals surface area contributed by atoms with Crippen LogP contribution in [0.15, 0.2) is 47.5 Å². The summed E-state index contributed by atoms with van der Waals surface area (Å²) in [6.45, 7) is 6.66. The van der Waals surface area contributed by atoms with Gasteiger partial charge in [0.05, 0.1) is 11.3 Å². The summed E-state index contributed by atoms with van der Waals surface area (Å²) in [5.74, 6) is 0.602. The van der Waals surface area contributed by atoms with Gasteiger partial charge in [0.25, 0.3) is 5.56 Å². The molecule has 0 fully saturated rings. The molecule has 0 bridgehead atoms. The van der Waals surface area contributed by atoms with Gasteiger partial charge in [-0.2, -0.15) is 0 Å². The van der Waals surface area contributed by atoms with Gasteiger partial charge in [-0.15, -0.1) is 0 Å². The van der Waals surface area contributed by atoms with Gasteiger partial charge in [0, 0.05) is 44.0 Å². The maximum absolute atomic E-state index is 12.6. The van der Waals surface area contributed by atoms with Gasteiger partial charge < -0.3 is 4.98 Å². The fourth-order valence-electron chi connectivity index (χ4n) is 3.52. The Bertz CT molecular complexity index is 995. The largest absolute Gasteiger partial charge is 0.306 e. The molecule has 0 saturated heterocycles. The SMILES string of the molecule is Cc1ccc(CN2CCc3nc(-c4cccnc4)[nH]c(=O)c3C2)c(C)c1. The van der Waals surface area contributed by atoms with E-state index in [1.165, 1.54) is 16.7 Å². The van der Waals surface area contributed by atoms with E-state index in [1.54, 1.807) is 12.4 Å². The van der Waals surface area contributed by atoms with Crippen molar-refractivity contribution >= 4 is 0 Å². The number of nitrogens with one attached hydrogen (secondary N) is 1. The normalized spacial score (nSPS) is 14.2. The van der Waals surface area contributed by atoms with Crippen molar-refractivity contribution in [3.8, 4) is 11.4 Å². The predicted molar refractivity (Wildman–Crippen MR) is 102 cm³/mol. The summed E-state index contributed by atoms with van der Waals surface area (Å²) < 4.78 is 0. The summed E-state index contributed by atoms with van der Waals surface area (Å²) in [6.07, 6.45) is 4.22. The summed E-state index contributed by atoms with van der Waals surface area (Å²) in [6, 6.07) is 10.3. The molecule has 1 aliphatic rings. The van der Waals surface area contributed by atoms with Gasteiger partial charge in [-0.05, 0) is 37.1 Å². The standard InChI is InChI=1S/C21H22N4O/c1-14-5-6-17(15(2)10-14)12-25-9-7-19-18(13-25)21(26)24-20(23-19)16-4-3-8-22-11-16/h3-6,8,10-11H,7,9,12-13H2,1-2H3,(H,23,24,26). The highest BCUT2D eigenvalue weighted by Gasteiger charge is 2.22. The number of hydrogen-bond donors (Lipinski definition) is 1. The zero-order valence-corrected chi connectivity index (χ0v) is 15.1. The van der Waals surface area contributed by atoms with Crippen LogP contribution in [-0.2, 0) is 19.5 Å². The van der Waals surface area contributed by atoms with E-state index in [1.807, 2.05) is 12.1 Å². The number of rotatable bonds is 3. The maximum Gasteiger partial charge on any atom is 0.255 e. The first-order valence-corrected chi connectivity index (χ1v) is 8.91. The third kappa shape index (κ3) is 3.30. The number of H-pyrrole nitrogens is 1. The average Bonchev–Trinajstić information content (AvgIpc) is 2.65. The van der Waals surface area contributed by atoms with Crippen LogP contribution >= 0.6 is 0 Å². The Labute approximate surface area is 152 Å². The minimum atomic E-state index is -0.0424. The lowest BCUT2D eigenvalue weighted by Gasteiger charge is -2.28. The smallest absolute Gasteiger partial charge is 0.255 e. The highest BCUT2D eigenvalue weighted by molar-refractivity contribution is 5.53. The highest BCUT2D eigenvalue weighted by atomic mass is 16.1. The third-order valence-corrected chi connectivity index (χ3v) is 4.97. The van der Waals surface area contributed by atoms with Crippen LogP contribution < -0.4 is 5.56 Å². The fraction of sp³-hybridized carbons (Fsp3) is 0.286. The first-order chi connectivity index (χ1) is 12.6. The molecule has 0 aliphatic carbocycles. The molecule has 2 aromatic heterocycles. The summed E-state index contributed by atoms with van der Waals surface area (Å²) in [5.41, 5.74) is 6.38. The lowest BCUT2D eigenvalue weighted by atomic mass is 10.0. The van der Waals surface area contributed by atoms with Crippen molar-refractivity contribution in [2.75, 3.05) is 6.54 Å². The Morgan fingerprint density at radius 3 is 2.88 bits per heavy atom. The van der Waals surface area contributed by atoms with Gasteiger partial charge in [0.2, 0.25) is 0 Å². The topological polar surface area (TPSA) is 61.9 Å². The molecule has 0 spiro atoms. The fourth-order valence-corrected chi connectivity index (χ4v) is 3.52. The predicted octanol–water partition coefficient (Wildman–Crippen LogP) is 3.01. The number of hydrogen-bond acceptors (Lipinski definition) is 4. The van der Waals surface area contributed by atoms with Gasteiger partial charge >= 0.3 is 0 Å². The van der Waals surface area contributed by atoms with E-state index >= 15 is 0 Å². The number of aryl methyl sites for hydroxylation is 2. The number of nitrogens with zero attached hydrogens (tertiary/aromatic N) is 3. The molecule has 1 N–H and O–H groups in total.